The molecule has 0 aliphatic rings. The second-order valence-electron chi connectivity index (χ2n) is 8.27. The van der Waals surface area contributed by atoms with Gasteiger partial charge in [-0.3, -0.25) is 4.79 Å². The number of rotatable bonds is 9. The summed E-state index contributed by atoms with van der Waals surface area (Å²) < 4.78 is 11.2. The predicted molar refractivity (Wildman–Crippen MR) is 127 cm³/mol. The van der Waals surface area contributed by atoms with E-state index in [9.17, 15) is 4.79 Å². The van der Waals surface area contributed by atoms with Crippen LogP contribution in [-0.4, -0.2) is 24.1 Å². The highest BCUT2D eigenvalue weighted by Gasteiger charge is 2.13. The van der Waals surface area contributed by atoms with Gasteiger partial charge in [0.05, 0.1) is 18.9 Å². The number of nitrogens with one attached hydrogen (secondary N) is 1. The number of hydrogen-bond acceptors (Lipinski definition) is 5. The Morgan fingerprint density at radius 3 is 2.29 bits per heavy atom. The number of anilines is 1. The minimum absolute atomic E-state index is 0.0562. The quantitative estimate of drug-likeness (QED) is 0.398. The van der Waals surface area contributed by atoms with E-state index >= 15 is 0 Å². The number of ether oxygens (including phenoxy) is 2. The van der Waals surface area contributed by atoms with Crippen molar-refractivity contribution in [2.24, 2.45) is 0 Å². The van der Waals surface area contributed by atoms with Gasteiger partial charge < -0.3 is 14.8 Å². The molecule has 0 saturated carbocycles. The van der Waals surface area contributed by atoms with Crippen LogP contribution in [-0.2, 0) is 10.2 Å². The van der Waals surface area contributed by atoms with Crippen LogP contribution in [0.4, 0.5) is 5.13 Å². The topological polar surface area (TPSA) is 60.5 Å². The molecular formula is C25H30N2O3S. The van der Waals surface area contributed by atoms with Crippen LogP contribution in [0.2, 0.25) is 0 Å². The third-order valence-corrected chi connectivity index (χ3v) is 5.51. The molecule has 0 fully saturated rings. The lowest BCUT2D eigenvalue weighted by Gasteiger charge is -2.19. The largest absolute Gasteiger partial charge is 0.494 e. The van der Waals surface area contributed by atoms with Crippen LogP contribution < -0.4 is 14.8 Å². The summed E-state index contributed by atoms with van der Waals surface area (Å²) in [6.07, 6.45) is 1.03. The molecule has 0 aliphatic heterocycles. The Bertz CT molecular complexity index is 973. The van der Waals surface area contributed by atoms with Crippen molar-refractivity contribution in [1.82, 2.24) is 4.98 Å². The van der Waals surface area contributed by atoms with Crippen molar-refractivity contribution in [3.63, 3.8) is 0 Å². The second-order valence-corrected chi connectivity index (χ2v) is 9.13. The zero-order valence-corrected chi connectivity index (χ0v) is 19.4. The van der Waals surface area contributed by atoms with Gasteiger partial charge in [0.25, 0.3) is 0 Å². The maximum Gasteiger partial charge on any atom is 0.226 e. The van der Waals surface area contributed by atoms with Crippen LogP contribution in [0.5, 0.6) is 11.5 Å². The summed E-state index contributed by atoms with van der Waals surface area (Å²) in [6, 6.07) is 15.9. The summed E-state index contributed by atoms with van der Waals surface area (Å²) in [5, 5.41) is 5.42. The number of thiazole rings is 1. The Balaban J connectivity index is 1.42. The Hall–Kier alpha value is -2.86. The first-order valence-electron chi connectivity index (χ1n) is 10.6. The molecule has 1 amide bonds. The van der Waals surface area contributed by atoms with Gasteiger partial charge in [-0.2, -0.15) is 0 Å². The lowest BCUT2D eigenvalue weighted by atomic mass is 9.87. The van der Waals surface area contributed by atoms with Crippen molar-refractivity contribution in [2.75, 3.05) is 18.5 Å². The number of hydrogen-bond donors (Lipinski definition) is 1. The van der Waals surface area contributed by atoms with Crippen molar-refractivity contribution >= 4 is 22.4 Å². The summed E-state index contributed by atoms with van der Waals surface area (Å²) in [7, 11) is 0. The standard InChI is InChI=1S/C25H30N2O3S/c1-5-29-20-12-8-18(9-13-20)22-17-31-24(26-22)27-23(28)7-6-16-30-21-14-10-19(11-15-21)25(2,3)4/h8-15,17H,5-7,16H2,1-4H3,(H,26,27,28). The first-order valence-corrected chi connectivity index (χ1v) is 11.4. The molecule has 5 nitrogen and oxygen atoms in total. The van der Waals surface area contributed by atoms with E-state index in [0.29, 0.717) is 31.2 Å². The zero-order chi connectivity index (χ0) is 22.3. The van der Waals surface area contributed by atoms with E-state index in [-0.39, 0.29) is 11.3 Å². The zero-order valence-electron chi connectivity index (χ0n) is 18.6. The normalized spacial score (nSPS) is 11.2. The van der Waals surface area contributed by atoms with Crippen LogP contribution >= 0.6 is 11.3 Å². The Morgan fingerprint density at radius 2 is 1.65 bits per heavy atom. The number of amides is 1. The fraction of sp³-hybridized carbons (Fsp3) is 0.360. The Morgan fingerprint density at radius 1 is 1.00 bits per heavy atom. The van der Waals surface area contributed by atoms with E-state index in [0.717, 1.165) is 22.8 Å². The van der Waals surface area contributed by atoms with E-state index in [1.165, 1.54) is 16.9 Å². The number of nitrogens with zero attached hydrogens (tertiary/aromatic N) is 1. The Labute approximate surface area is 188 Å². The van der Waals surface area contributed by atoms with Gasteiger partial charge in [0.2, 0.25) is 5.91 Å². The molecule has 0 saturated heterocycles. The van der Waals surface area contributed by atoms with Crippen LogP contribution in [0.1, 0.15) is 46.1 Å². The minimum Gasteiger partial charge on any atom is -0.494 e. The molecule has 3 rings (SSSR count). The fourth-order valence-corrected chi connectivity index (χ4v) is 3.74. The lowest BCUT2D eigenvalue weighted by Crippen LogP contribution is -2.13. The van der Waals surface area contributed by atoms with Crippen LogP contribution in [0, 0.1) is 0 Å². The summed E-state index contributed by atoms with van der Waals surface area (Å²) in [6.45, 7) is 9.65. The van der Waals surface area contributed by atoms with Crippen molar-refractivity contribution < 1.29 is 14.3 Å². The van der Waals surface area contributed by atoms with E-state index in [4.69, 9.17) is 9.47 Å². The molecule has 0 radical (unpaired) electrons. The molecule has 0 spiro atoms. The highest BCUT2D eigenvalue weighted by atomic mass is 32.1. The predicted octanol–water partition coefficient (Wildman–Crippen LogP) is 6.30. The molecular weight excluding hydrogens is 408 g/mol. The molecule has 0 aliphatic carbocycles. The fourth-order valence-electron chi connectivity index (χ4n) is 3.01. The average Bonchev–Trinajstić information content (AvgIpc) is 3.20. The maximum atomic E-state index is 12.2. The summed E-state index contributed by atoms with van der Waals surface area (Å²) in [5.41, 5.74) is 3.22. The Kier molecular flexibility index (Phi) is 7.69. The molecule has 164 valence electrons. The molecule has 6 heteroatoms. The van der Waals surface area contributed by atoms with Gasteiger partial charge in [0.1, 0.15) is 11.5 Å². The van der Waals surface area contributed by atoms with Gasteiger partial charge >= 0.3 is 0 Å². The molecule has 3 aromatic rings. The van der Waals surface area contributed by atoms with Gasteiger partial charge in [-0.1, -0.05) is 32.9 Å². The van der Waals surface area contributed by atoms with Gasteiger partial charge in [0.15, 0.2) is 5.13 Å². The number of carbonyl (C=O) groups is 1. The molecule has 0 atom stereocenters. The number of benzene rings is 2. The third-order valence-electron chi connectivity index (χ3n) is 4.75. The maximum absolute atomic E-state index is 12.2. The van der Waals surface area contributed by atoms with Gasteiger partial charge in [-0.25, -0.2) is 4.98 Å². The van der Waals surface area contributed by atoms with Crippen molar-refractivity contribution in [3.8, 4) is 22.8 Å². The van der Waals surface area contributed by atoms with Crippen molar-refractivity contribution in [3.05, 3.63) is 59.5 Å². The molecule has 2 aromatic carbocycles. The van der Waals surface area contributed by atoms with E-state index < -0.39 is 0 Å². The van der Waals surface area contributed by atoms with Crippen LogP contribution in [0.3, 0.4) is 0 Å². The first kappa shape index (κ1) is 22.8. The SMILES string of the molecule is CCOc1ccc(-c2csc(NC(=O)CCCOc3ccc(C(C)(C)C)cc3)n2)cc1. The highest BCUT2D eigenvalue weighted by Crippen LogP contribution is 2.27. The molecule has 1 heterocycles. The summed E-state index contributed by atoms with van der Waals surface area (Å²) in [4.78, 5) is 16.7. The third kappa shape index (κ3) is 6.82. The highest BCUT2D eigenvalue weighted by molar-refractivity contribution is 7.14. The van der Waals surface area contributed by atoms with Crippen LogP contribution in [0.25, 0.3) is 11.3 Å². The van der Waals surface area contributed by atoms with Crippen LogP contribution in [0.15, 0.2) is 53.9 Å². The van der Waals surface area contributed by atoms with Crippen molar-refractivity contribution in [2.45, 2.75) is 46.0 Å². The molecule has 1 N–H and O–H groups in total. The monoisotopic (exact) mass is 438 g/mol. The summed E-state index contributed by atoms with van der Waals surface area (Å²) in [5.74, 6) is 1.61. The average molecular weight is 439 g/mol. The van der Waals surface area contributed by atoms with E-state index in [1.807, 2.05) is 48.7 Å². The van der Waals surface area contributed by atoms with Gasteiger partial charge in [0, 0.05) is 17.4 Å². The smallest absolute Gasteiger partial charge is 0.226 e. The van der Waals surface area contributed by atoms with Gasteiger partial charge in [-0.05, 0) is 60.7 Å². The van der Waals surface area contributed by atoms with E-state index in [2.05, 4.69) is 43.2 Å². The minimum atomic E-state index is -0.0562. The number of aromatic nitrogens is 1. The number of carbonyl (C=O) groups excluding carboxylic acids is 1. The lowest BCUT2D eigenvalue weighted by molar-refractivity contribution is -0.116. The van der Waals surface area contributed by atoms with E-state index in [1.54, 1.807) is 0 Å². The second kappa shape index (κ2) is 10.4. The van der Waals surface area contributed by atoms with Gasteiger partial charge in [-0.15, -0.1) is 11.3 Å². The first-order chi connectivity index (χ1) is 14.8. The molecule has 31 heavy (non-hydrogen) atoms. The van der Waals surface area contributed by atoms with Crippen molar-refractivity contribution in [1.29, 1.82) is 0 Å². The molecule has 1 aromatic heterocycles. The molecule has 0 unspecified atom stereocenters. The molecule has 0 bridgehead atoms. The summed E-state index contributed by atoms with van der Waals surface area (Å²) >= 11 is 1.42.